The standard InChI is InChI=1S/C19H18ClNS2/c1-12(2)13-4-6-14(7-5-13)17-19(22)23-18(21(17)3)15-8-10-16(20)11-9-15/h4-12H,1-3H3/p+1. The molecule has 1 aromatic heterocycles. The van der Waals surface area contributed by atoms with Crippen molar-refractivity contribution in [2.45, 2.75) is 24.0 Å². The zero-order valence-corrected chi connectivity index (χ0v) is 15.8. The molecule has 2 aromatic carbocycles. The molecule has 0 aliphatic carbocycles. The van der Waals surface area contributed by atoms with Gasteiger partial charge < -0.3 is 0 Å². The third kappa shape index (κ3) is 3.32. The number of halogens is 1. The van der Waals surface area contributed by atoms with Gasteiger partial charge in [-0.1, -0.05) is 48.9 Å². The molecule has 1 heterocycles. The highest BCUT2D eigenvalue weighted by molar-refractivity contribution is 7.83. The predicted octanol–water partition coefficient (Wildman–Crippen LogP) is 5.97. The lowest BCUT2D eigenvalue weighted by Crippen LogP contribution is -2.30. The second-order valence-electron chi connectivity index (χ2n) is 5.90. The maximum absolute atomic E-state index is 5.99. The van der Waals surface area contributed by atoms with E-state index in [-0.39, 0.29) is 0 Å². The van der Waals surface area contributed by atoms with Crippen LogP contribution in [-0.2, 0) is 7.05 Å². The Kier molecular flexibility index (Phi) is 4.81. The molecule has 0 N–H and O–H groups in total. The number of benzene rings is 2. The van der Waals surface area contributed by atoms with E-state index in [1.54, 1.807) is 11.3 Å². The SMILES string of the molecule is CC(C)c1ccc(-c2c(S)sc(-c3ccc(Cl)cc3)[n+]2C)cc1. The van der Waals surface area contributed by atoms with Crippen molar-refractivity contribution in [3.05, 3.63) is 59.1 Å². The molecule has 118 valence electrons. The van der Waals surface area contributed by atoms with Crippen LogP contribution in [0.4, 0.5) is 0 Å². The average Bonchev–Trinajstić information content (AvgIpc) is 2.83. The molecule has 3 aromatic rings. The molecule has 0 bridgehead atoms. The van der Waals surface area contributed by atoms with Crippen LogP contribution in [0.15, 0.2) is 52.7 Å². The van der Waals surface area contributed by atoms with Crippen LogP contribution in [0, 0.1) is 0 Å². The topological polar surface area (TPSA) is 3.88 Å². The molecular formula is C19H19ClNS2+. The van der Waals surface area contributed by atoms with Crippen LogP contribution in [0.1, 0.15) is 25.3 Å². The van der Waals surface area contributed by atoms with E-state index in [4.69, 9.17) is 24.2 Å². The summed E-state index contributed by atoms with van der Waals surface area (Å²) in [6.07, 6.45) is 0. The number of thiol groups is 1. The van der Waals surface area contributed by atoms with Crippen molar-refractivity contribution >= 4 is 35.6 Å². The van der Waals surface area contributed by atoms with E-state index in [0.29, 0.717) is 5.92 Å². The minimum absolute atomic E-state index is 0.542. The zero-order chi connectivity index (χ0) is 16.6. The Bertz CT molecular complexity index is 818. The van der Waals surface area contributed by atoms with Gasteiger partial charge in [0.25, 0.3) is 5.01 Å². The van der Waals surface area contributed by atoms with Crippen LogP contribution >= 0.6 is 35.6 Å². The largest absolute Gasteiger partial charge is 0.270 e. The fraction of sp³-hybridized carbons (Fsp3) is 0.211. The third-order valence-electron chi connectivity index (χ3n) is 3.98. The quantitative estimate of drug-likeness (QED) is 0.433. The van der Waals surface area contributed by atoms with Crippen LogP contribution in [0.25, 0.3) is 21.8 Å². The number of nitrogens with zero attached hydrogens (tertiary/aromatic N) is 1. The van der Waals surface area contributed by atoms with Crippen LogP contribution in [0.2, 0.25) is 5.02 Å². The van der Waals surface area contributed by atoms with Gasteiger partial charge in [-0.05, 0) is 47.9 Å². The summed E-state index contributed by atoms with van der Waals surface area (Å²) in [5.41, 5.74) is 4.85. The second kappa shape index (κ2) is 6.68. The second-order valence-corrected chi connectivity index (χ2v) is 8.09. The Morgan fingerprint density at radius 2 is 1.52 bits per heavy atom. The molecule has 0 radical (unpaired) electrons. The van der Waals surface area contributed by atoms with Gasteiger partial charge in [-0.25, -0.2) is 0 Å². The summed E-state index contributed by atoms with van der Waals surface area (Å²) in [5, 5.41) is 1.93. The first-order valence-corrected chi connectivity index (χ1v) is 9.19. The highest BCUT2D eigenvalue weighted by Crippen LogP contribution is 2.35. The zero-order valence-electron chi connectivity index (χ0n) is 13.4. The van der Waals surface area contributed by atoms with E-state index >= 15 is 0 Å². The maximum atomic E-state index is 5.99. The van der Waals surface area contributed by atoms with Crippen molar-refractivity contribution in [3.63, 3.8) is 0 Å². The highest BCUT2D eigenvalue weighted by Gasteiger charge is 2.24. The molecule has 0 aliphatic rings. The Morgan fingerprint density at radius 3 is 2.09 bits per heavy atom. The third-order valence-corrected chi connectivity index (χ3v) is 5.81. The first-order valence-electron chi connectivity index (χ1n) is 7.55. The average molecular weight is 361 g/mol. The summed E-state index contributed by atoms with van der Waals surface area (Å²) >= 11 is 12.4. The summed E-state index contributed by atoms with van der Waals surface area (Å²) in [5.74, 6) is 0.542. The Balaban J connectivity index is 2.05. The fourth-order valence-corrected chi connectivity index (χ4v) is 4.32. The summed E-state index contributed by atoms with van der Waals surface area (Å²) in [6, 6.07) is 16.7. The summed E-state index contributed by atoms with van der Waals surface area (Å²) in [6.45, 7) is 4.42. The summed E-state index contributed by atoms with van der Waals surface area (Å²) < 4.78 is 3.23. The lowest BCUT2D eigenvalue weighted by atomic mass is 10.0. The molecule has 3 rings (SSSR count). The van der Waals surface area contributed by atoms with Crippen LogP contribution in [0.5, 0.6) is 0 Å². The predicted molar refractivity (Wildman–Crippen MR) is 103 cm³/mol. The monoisotopic (exact) mass is 360 g/mol. The van der Waals surface area contributed by atoms with Gasteiger partial charge in [0.05, 0.1) is 5.56 Å². The minimum atomic E-state index is 0.542. The van der Waals surface area contributed by atoms with E-state index < -0.39 is 0 Å². The van der Waals surface area contributed by atoms with Gasteiger partial charge >= 0.3 is 0 Å². The van der Waals surface area contributed by atoms with Crippen molar-refractivity contribution < 1.29 is 4.57 Å². The number of thiazole rings is 1. The molecule has 0 fully saturated rings. The van der Waals surface area contributed by atoms with Gasteiger partial charge in [0.2, 0.25) is 5.69 Å². The van der Waals surface area contributed by atoms with Crippen molar-refractivity contribution in [1.82, 2.24) is 0 Å². The Morgan fingerprint density at radius 1 is 0.957 bits per heavy atom. The van der Waals surface area contributed by atoms with Gasteiger partial charge in [0, 0.05) is 10.6 Å². The lowest BCUT2D eigenvalue weighted by Gasteiger charge is -2.05. The van der Waals surface area contributed by atoms with E-state index in [0.717, 1.165) is 20.5 Å². The molecule has 1 nitrogen and oxygen atoms in total. The number of hydrogen-bond donors (Lipinski definition) is 1. The Labute approximate surface area is 152 Å². The smallest absolute Gasteiger partial charge is 0.183 e. The van der Waals surface area contributed by atoms with E-state index in [9.17, 15) is 0 Å². The molecule has 0 amide bonds. The lowest BCUT2D eigenvalue weighted by molar-refractivity contribution is -0.646. The van der Waals surface area contributed by atoms with Crippen molar-refractivity contribution in [3.8, 4) is 21.8 Å². The van der Waals surface area contributed by atoms with Crippen molar-refractivity contribution in [1.29, 1.82) is 0 Å². The van der Waals surface area contributed by atoms with Crippen molar-refractivity contribution in [2.75, 3.05) is 0 Å². The molecule has 0 aliphatic heterocycles. The minimum Gasteiger partial charge on any atom is -0.183 e. The maximum Gasteiger partial charge on any atom is 0.270 e. The molecule has 0 saturated heterocycles. The molecule has 0 saturated carbocycles. The molecule has 23 heavy (non-hydrogen) atoms. The summed E-state index contributed by atoms with van der Waals surface area (Å²) in [4.78, 5) is 0. The van der Waals surface area contributed by atoms with E-state index in [1.807, 2.05) is 24.3 Å². The summed E-state index contributed by atoms with van der Waals surface area (Å²) in [7, 11) is 2.09. The van der Waals surface area contributed by atoms with Crippen LogP contribution < -0.4 is 4.57 Å². The van der Waals surface area contributed by atoms with Crippen LogP contribution in [-0.4, -0.2) is 0 Å². The van der Waals surface area contributed by atoms with Gasteiger partial charge in [0.1, 0.15) is 11.3 Å². The number of hydrogen-bond acceptors (Lipinski definition) is 2. The molecule has 0 unspecified atom stereocenters. The first-order chi connectivity index (χ1) is 11.0. The van der Waals surface area contributed by atoms with Gasteiger partial charge in [-0.15, -0.1) is 12.6 Å². The van der Waals surface area contributed by atoms with Gasteiger partial charge in [0.15, 0.2) is 0 Å². The number of aromatic nitrogens is 1. The normalized spacial score (nSPS) is 11.2. The molecule has 0 atom stereocenters. The van der Waals surface area contributed by atoms with Gasteiger partial charge in [-0.2, -0.15) is 4.57 Å². The van der Waals surface area contributed by atoms with Gasteiger partial charge in [-0.3, -0.25) is 0 Å². The molecular weight excluding hydrogens is 342 g/mol. The molecule has 0 spiro atoms. The molecule has 4 heteroatoms. The van der Waals surface area contributed by atoms with E-state index in [1.165, 1.54) is 16.1 Å². The fourth-order valence-electron chi connectivity index (χ4n) is 2.64. The van der Waals surface area contributed by atoms with Crippen LogP contribution in [0.3, 0.4) is 0 Å². The highest BCUT2D eigenvalue weighted by atomic mass is 35.5. The number of rotatable bonds is 3. The van der Waals surface area contributed by atoms with Crippen molar-refractivity contribution in [2.24, 2.45) is 7.05 Å². The van der Waals surface area contributed by atoms with E-state index in [2.05, 4.69) is 49.7 Å². The first kappa shape index (κ1) is 16.6. The Hall–Kier alpha value is -1.29.